The molecule has 0 N–H and O–H groups in total. The maximum atomic E-state index is 12.5. The van der Waals surface area contributed by atoms with Gasteiger partial charge in [-0.3, -0.25) is 9.59 Å². The third-order valence-corrected chi connectivity index (χ3v) is 4.23. The van der Waals surface area contributed by atoms with Crippen molar-refractivity contribution in [2.24, 2.45) is 5.92 Å². The van der Waals surface area contributed by atoms with Crippen LogP contribution in [0.3, 0.4) is 0 Å². The molecule has 126 valence electrons. The average Bonchev–Trinajstić information content (AvgIpc) is 2.96. The molecule has 23 heavy (non-hydrogen) atoms. The highest BCUT2D eigenvalue weighted by atomic mass is 16.5. The predicted octanol–water partition coefficient (Wildman–Crippen LogP) is 1.93. The zero-order valence-electron chi connectivity index (χ0n) is 14.2. The highest BCUT2D eigenvalue weighted by molar-refractivity contribution is 6.01. The summed E-state index contributed by atoms with van der Waals surface area (Å²) >= 11 is 0. The fourth-order valence-electron chi connectivity index (χ4n) is 2.91. The van der Waals surface area contributed by atoms with Gasteiger partial charge in [0.2, 0.25) is 11.8 Å². The van der Waals surface area contributed by atoms with Crippen molar-refractivity contribution < 1.29 is 19.1 Å². The van der Waals surface area contributed by atoms with Crippen LogP contribution >= 0.6 is 0 Å². The summed E-state index contributed by atoms with van der Waals surface area (Å²) in [4.78, 5) is 28.3. The fraction of sp³-hybridized carbons (Fsp3) is 0.529. The lowest BCUT2D eigenvalue weighted by atomic mass is 10.1. The summed E-state index contributed by atoms with van der Waals surface area (Å²) in [5.74, 6) is 0.898. The van der Waals surface area contributed by atoms with Crippen LogP contribution < -0.4 is 14.4 Å². The highest BCUT2D eigenvalue weighted by Crippen LogP contribution is 2.36. The van der Waals surface area contributed by atoms with Gasteiger partial charge >= 0.3 is 0 Å². The Morgan fingerprint density at radius 2 is 1.96 bits per heavy atom. The van der Waals surface area contributed by atoms with Crippen LogP contribution in [0.2, 0.25) is 0 Å². The van der Waals surface area contributed by atoms with E-state index in [0.717, 1.165) is 0 Å². The van der Waals surface area contributed by atoms with E-state index in [9.17, 15) is 9.59 Å². The van der Waals surface area contributed by atoms with E-state index in [-0.39, 0.29) is 24.2 Å². The molecule has 0 spiro atoms. The quantitative estimate of drug-likeness (QED) is 0.803. The van der Waals surface area contributed by atoms with Gasteiger partial charge in [0, 0.05) is 32.1 Å². The van der Waals surface area contributed by atoms with Gasteiger partial charge in [-0.1, -0.05) is 0 Å². The Bertz CT molecular complexity index is 584. The van der Waals surface area contributed by atoms with Crippen molar-refractivity contribution in [3.05, 3.63) is 18.2 Å². The zero-order valence-corrected chi connectivity index (χ0v) is 14.2. The van der Waals surface area contributed by atoms with Crippen molar-refractivity contribution in [2.75, 3.05) is 38.8 Å². The summed E-state index contributed by atoms with van der Waals surface area (Å²) in [5.41, 5.74) is 0.645. The molecule has 2 rings (SSSR count). The van der Waals surface area contributed by atoms with Crippen LogP contribution in [0.1, 0.15) is 20.3 Å². The summed E-state index contributed by atoms with van der Waals surface area (Å²) in [6.45, 7) is 5.57. The molecule has 1 atom stereocenters. The molecule has 1 aromatic carbocycles. The lowest BCUT2D eigenvalue weighted by molar-refractivity contribution is -0.135. The minimum absolute atomic E-state index is 0.0349. The molecule has 1 aliphatic heterocycles. The maximum Gasteiger partial charge on any atom is 0.227 e. The van der Waals surface area contributed by atoms with Gasteiger partial charge in [0.1, 0.15) is 11.5 Å². The molecule has 1 fully saturated rings. The van der Waals surface area contributed by atoms with E-state index in [0.29, 0.717) is 36.8 Å². The Labute approximate surface area is 137 Å². The predicted molar refractivity (Wildman–Crippen MR) is 87.9 cm³/mol. The molecule has 1 aliphatic rings. The van der Waals surface area contributed by atoms with Crippen LogP contribution in [0.25, 0.3) is 0 Å². The van der Waals surface area contributed by atoms with Crippen LogP contribution in [-0.4, -0.2) is 50.6 Å². The number of methoxy groups -OCH3 is 2. The van der Waals surface area contributed by atoms with Crippen molar-refractivity contribution in [1.29, 1.82) is 0 Å². The first-order valence-electron chi connectivity index (χ1n) is 7.86. The maximum absolute atomic E-state index is 12.5. The number of ether oxygens (including phenoxy) is 2. The molecule has 0 radical (unpaired) electrons. The van der Waals surface area contributed by atoms with Gasteiger partial charge < -0.3 is 19.3 Å². The molecule has 0 aromatic heterocycles. The molecular formula is C17H24N2O4. The Balaban J connectivity index is 2.25. The summed E-state index contributed by atoms with van der Waals surface area (Å²) in [6.07, 6.45) is 0.232. The second-order valence-electron chi connectivity index (χ2n) is 5.45. The highest BCUT2D eigenvalue weighted by Gasteiger charge is 2.37. The number of benzene rings is 1. The van der Waals surface area contributed by atoms with E-state index in [1.54, 1.807) is 42.2 Å². The topological polar surface area (TPSA) is 59.1 Å². The summed E-state index contributed by atoms with van der Waals surface area (Å²) in [6, 6.07) is 5.31. The summed E-state index contributed by atoms with van der Waals surface area (Å²) < 4.78 is 10.6. The lowest BCUT2D eigenvalue weighted by Gasteiger charge is -2.23. The van der Waals surface area contributed by atoms with Crippen LogP contribution in [0.4, 0.5) is 5.69 Å². The molecule has 2 amide bonds. The molecule has 0 aliphatic carbocycles. The first-order valence-corrected chi connectivity index (χ1v) is 7.86. The standard InChI is InChI=1S/C17H24N2O4/c1-5-18(6-2)17(21)12-9-16(20)19(11-12)14-10-13(22-3)7-8-15(14)23-4/h7-8,10,12H,5-6,9,11H2,1-4H3/t12-/m1/s1. The number of rotatable bonds is 6. The monoisotopic (exact) mass is 320 g/mol. The molecule has 1 aromatic rings. The van der Waals surface area contributed by atoms with Gasteiger partial charge in [-0.2, -0.15) is 0 Å². The second-order valence-corrected chi connectivity index (χ2v) is 5.45. The first kappa shape index (κ1) is 17.1. The van der Waals surface area contributed by atoms with E-state index in [2.05, 4.69) is 0 Å². The Hall–Kier alpha value is -2.24. The SMILES string of the molecule is CCN(CC)C(=O)[C@@H]1CC(=O)N(c2cc(OC)ccc2OC)C1. The minimum atomic E-state index is -0.307. The lowest BCUT2D eigenvalue weighted by Crippen LogP contribution is -2.37. The zero-order chi connectivity index (χ0) is 17.0. The number of anilines is 1. The van der Waals surface area contributed by atoms with E-state index < -0.39 is 0 Å². The van der Waals surface area contributed by atoms with Crippen LogP contribution in [0.5, 0.6) is 11.5 Å². The molecule has 0 bridgehead atoms. The molecule has 1 saturated heterocycles. The summed E-state index contributed by atoms with van der Waals surface area (Å²) in [7, 11) is 3.13. The number of nitrogens with zero attached hydrogens (tertiary/aromatic N) is 2. The third kappa shape index (κ3) is 3.41. The molecule has 0 unspecified atom stereocenters. The van der Waals surface area contributed by atoms with Crippen LogP contribution in [0.15, 0.2) is 18.2 Å². The van der Waals surface area contributed by atoms with Gasteiger partial charge in [0.25, 0.3) is 0 Å². The van der Waals surface area contributed by atoms with E-state index in [1.807, 2.05) is 13.8 Å². The summed E-state index contributed by atoms with van der Waals surface area (Å²) in [5, 5.41) is 0. The number of hydrogen-bond donors (Lipinski definition) is 0. The van der Waals surface area contributed by atoms with E-state index in [4.69, 9.17) is 9.47 Å². The van der Waals surface area contributed by atoms with E-state index >= 15 is 0 Å². The minimum Gasteiger partial charge on any atom is -0.497 e. The molecular weight excluding hydrogens is 296 g/mol. The Morgan fingerprint density at radius 3 is 2.52 bits per heavy atom. The normalized spacial score (nSPS) is 17.3. The smallest absolute Gasteiger partial charge is 0.227 e. The van der Waals surface area contributed by atoms with E-state index in [1.165, 1.54) is 0 Å². The Kier molecular flexibility index (Phi) is 5.47. The van der Waals surface area contributed by atoms with Crippen molar-refractivity contribution >= 4 is 17.5 Å². The largest absolute Gasteiger partial charge is 0.497 e. The number of amides is 2. The van der Waals surface area contributed by atoms with Crippen molar-refractivity contribution in [3.8, 4) is 11.5 Å². The van der Waals surface area contributed by atoms with Crippen molar-refractivity contribution in [1.82, 2.24) is 4.90 Å². The molecule has 6 nitrogen and oxygen atoms in total. The van der Waals surface area contributed by atoms with Gasteiger partial charge in [-0.05, 0) is 26.0 Å². The van der Waals surface area contributed by atoms with Gasteiger partial charge in [0.05, 0.1) is 25.8 Å². The van der Waals surface area contributed by atoms with Crippen LogP contribution in [-0.2, 0) is 9.59 Å². The van der Waals surface area contributed by atoms with Crippen molar-refractivity contribution in [3.63, 3.8) is 0 Å². The molecule has 6 heteroatoms. The van der Waals surface area contributed by atoms with Gasteiger partial charge in [-0.15, -0.1) is 0 Å². The average molecular weight is 320 g/mol. The second kappa shape index (κ2) is 7.35. The third-order valence-electron chi connectivity index (χ3n) is 4.23. The fourth-order valence-corrected chi connectivity index (χ4v) is 2.91. The molecule has 1 heterocycles. The number of hydrogen-bond acceptors (Lipinski definition) is 4. The Morgan fingerprint density at radius 1 is 1.26 bits per heavy atom. The van der Waals surface area contributed by atoms with Crippen molar-refractivity contribution in [2.45, 2.75) is 20.3 Å². The number of carbonyl (C=O) groups is 2. The van der Waals surface area contributed by atoms with Crippen LogP contribution in [0, 0.1) is 5.92 Å². The van der Waals surface area contributed by atoms with Gasteiger partial charge in [0.15, 0.2) is 0 Å². The molecule has 0 saturated carbocycles. The number of carbonyl (C=O) groups excluding carboxylic acids is 2. The van der Waals surface area contributed by atoms with Gasteiger partial charge in [-0.25, -0.2) is 0 Å². The first-order chi connectivity index (χ1) is 11.0.